The van der Waals surface area contributed by atoms with Crippen molar-refractivity contribution < 1.29 is 14.2 Å². The summed E-state index contributed by atoms with van der Waals surface area (Å²) in [5, 5.41) is 1.69. The number of rotatable bonds is 1. The Morgan fingerprint density at radius 1 is 1.00 bits per heavy atom. The van der Waals surface area contributed by atoms with Crippen LogP contribution >= 0.6 is 0 Å². The van der Waals surface area contributed by atoms with Gasteiger partial charge in [0, 0.05) is 14.3 Å². The van der Waals surface area contributed by atoms with Gasteiger partial charge in [-0.25, -0.2) is 4.57 Å². The fourth-order valence-electron chi connectivity index (χ4n) is 2.71. The Bertz CT molecular complexity index is 1080. The fourth-order valence-corrected chi connectivity index (χ4v) is 2.71. The van der Waals surface area contributed by atoms with Gasteiger partial charge in [-0.1, -0.05) is 29.3 Å². The first-order valence-electron chi connectivity index (χ1n) is 10.4. The Morgan fingerprint density at radius 2 is 1.86 bits per heavy atom. The van der Waals surface area contributed by atoms with Gasteiger partial charge in [-0.15, -0.1) is 0 Å². The molecule has 0 fully saturated rings. The van der Waals surface area contributed by atoms with Crippen molar-refractivity contribution in [2.45, 2.75) is 27.6 Å². The molecule has 0 unspecified atom stereocenters. The van der Waals surface area contributed by atoms with Gasteiger partial charge in [0.1, 0.15) is 8.42 Å². The molecular formula is C20H22N+. The van der Waals surface area contributed by atoms with E-state index in [0.717, 1.165) is 16.3 Å². The van der Waals surface area contributed by atoms with Crippen molar-refractivity contribution >= 4 is 10.8 Å². The number of fused-ring (bicyclic) bond motifs is 1. The zero-order valence-corrected chi connectivity index (χ0v) is 12.4. The molecule has 0 amide bonds. The highest BCUT2D eigenvalue weighted by Gasteiger charge is 2.18. The van der Waals surface area contributed by atoms with Crippen molar-refractivity contribution in [1.82, 2.24) is 0 Å². The average Bonchev–Trinajstić information content (AvgIpc) is 2.55. The number of nitrogens with zero attached hydrogens (tertiary/aromatic N) is 1. The fraction of sp³-hybridized carbons (Fsp3) is 0.250. The molecular weight excluding hydrogens is 254 g/mol. The summed E-state index contributed by atoms with van der Waals surface area (Å²) in [6.45, 7) is -1.23. The number of pyridine rings is 1. The van der Waals surface area contributed by atoms with E-state index in [4.69, 9.17) is 9.60 Å². The maximum atomic E-state index is 8.33. The molecule has 0 radical (unpaired) electrons. The molecule has 3 rings (SSSR count). The second-order valence-corrected chi connectivity index (χ2v) is 5.47. The van der Waals surface area contributed by atoms with Gasteiger partial charge in [0.25, 0.3) is 0 Å². The highest BCUT2D eigenvalue weighted by Crippen LogP contribution is 2.30. The Morgan fingerprint density at radius 3 is 2.62 bits per heavy atom. The quantitative estimate of drug-likeness (QED) is 0.576. The normalized spacial score (nSPS) is 17.2. The van der Waals surface area contributed by atoms with Crippen LogP contribution in [0, 0.1) is 27.6 Å². The van der Waals surface area contributed by atoms with Crippen LogP contribution in [0.25, 0.3) is 22.0 Å². The molecule has 1 aromatic heterocycles. The maximum absolute atomic E-state index is 8.33. The molecule has 0 saturated heterocycles. The van der Waals surface area contributed by atoms with E-state index in [2.05, 4.69) is 0 Å². The summed E-state index contributed by atoms with van der Waals surface area (Å²) in [6.07, 6.45) is 0.252. The molecule has 0 bridgehead atoms. The molecule has 1 heteroatoms. The molecule has 106 valence electrons. The molecule has 1 heterocycles. The Kier molecular flexibility index (Phi) is 1.84. The van der Waals surface area contributed by atoms with E-state index in [-0.39, 0.29) is 17.3 Å². The summed E-state index contributed by atoms with van der Waals surface area (Å²) >= 11 is 0. The van der Waals surface area contributed by atoms with Crippen molar-refractivity contribution in [2.75, 3.05) is 0 Å². The van der Waals surface area contributed by atoms with Crippen LogP contribution < -0.4 is 4.57 Å². The first kappa shape index (κ1) is 7.74. The van der Waals surface area contributed by atoms with Gasteiger partial charge in [-0.05, 0) is 56.2 Å². The molecule has 0 atom stereocenters. The minimum Gasteiger partial charge on any atom is -0.200 e. The van der Waals surface area contributed by atoms with Crippen LogP contribution in [-0.4, -0.2) is 0 Å². The number of aryl methyl sites for hydroxylation is 3. The molecule has 0 aliphatic rings. The van der Waals surface area contributed by atoms with Gasteiger partial charge in [0.2, 0.25) is 5.69 Å². The van der Waals surface area contributed by atoms with Crippen LogP contribution in [-0.2, 0) is 7.05 Å². The van der Waals surface area contributed by atoms with E-state index in [9.17, 15) is 0 Å². The van der Waals surface area contributed by atoms with E-state index in [1.807, 2.05) is 25.1 Å². The van der Waals surface area contributed by atoms with E-state index >= 15 is 0 Å². The number of hydrogen-bond donors (Lipinski definition) is 0. The van der Waals surface area contributed by atoms with Crippen LogP contribution in [0.15, 0.2) is 42.6 Å². The molecule has 0 aliphatic carbocycles. The monoisotopic (exact) mass is 283 g/mol. The van der Waals surface area contributed by atoms with Crippen molar-refractivity contribution in [3.8, 4) is 11.3 Å². The highest BCUT2D eigenvalue weighted by atomic mass is 14.9. The first-order chi connectivity index (χ1) is 12.8. The molecule has 21 heavy (non-hydrogen) atoms. The van der Waals surface area contributed by atoms with E-state index in [1.54, 1.807) is 24.6 Å². The number of aromatic nitrogens is 1. The molecule has 0 saturated carbocycles. The highest BCUT2D eigenvalue weighted by molar-refractivity contribution is 5.94. The molecule has 3 aromatic rings. The van der Waals surface area contributed by atoms with E-state index in [1.165, 1.54) is 12.1 Å². The summed E-state index contributed by atoms with van der Waals surface area (Å²) in [6, 6.07) is 10.4. The van der Waals surface area contributed by atoms with Crippen LogP contribution in [0.1, 0.15) is 31.8 Å². The third-order valence-electron chi connectivity index (χ3n) is 3.87. The second kappa shape index (κ2) is 5.00. The largest absolute Gasteiger partial charge is 0.220 e. The average molecular weight is 283 g/mol. The summed E-state index contributed by atoms with van der Waals surface area (Å²) in [5.74, 6) is 0. The van der Waals surface area contributed by atoms with Gasteiger partial charge in [0.05, 0.1) is 10.9 Å². The minimum absolute atomic E-state index is 0.0186. The number of hydrogen-bond acceptors (Lipinski definition) is 0. The maximum Gasteiger partial charge on any atom is 0.220 e. The molecule has 0 N–H and O–H groups in total. The smallest absolute Gasteiger partial charge is 0.200 e. The topological polar surface area (TPSA) is 3.88 Å². The van der Waals surface area contributed by atoms with Crippen molar-refractivity contribution in [1.29, 1.82) is 0 Å². The van der Waals surface area contributed by atoms with Gasteiger partial charge in [-0.3, -0.25) is 0 Å². The van der Waals surface area contributed by atoms with Crippen LogP contribution in [0.4, 0.5) is 0 Å². The molecule has 2 aromatic carbocycles. The van der Waals surface area contributed by atoms with Crippen molar-refractivity contribution in [3.63, 3.8) is 0 Å². The molecule has 0 spiro atoms. The van der Waals surface area contributed by atoms with Gasteiger partial charge < -0.3 is 0 Å². The van der Waals surface area contributed by atoms with Gasteiger partial charge >= 0.3 is 0 Å². The number of benzene rings is 2. The Labute approximate surface area is 136 Å². The Balaban J connectivity index is 2.50. The summed E-state index contributed by atoms with van der Waals surface area (Å²) in [5.41, 5.74) is 2.70. The summed E-state index contributed by atoms with van der Waals surface area (Å²) in [4.78, 5) is 0. The van der Waals surface area contributed by atoms with Crippen molar-refractivity contribution in [3.05, 3.63) is 64.8 Å². The third kappa shape index (κ3) is 2.33. The van der Waals surface area contributed by atoms with Crippen LogP contribution in [0.2, 0.25) is 0 Å². The summed E-state index contributed by atoms with van der Waals surface area (Å²) < 4.78 is 57.0. The first-order valence-corrected chi connectivity index (χ1v) is 6.86. The minimum atomic E-state index is -2.44. The van der Waals surface area contributed by atoms with E-state index < -0.39 is 13.7 Å². The van der Waals surface area contributed by atoms with Crippen LogP contribution in [0.3, 0.4) is 0 Å². The van der Waals surface area contributed by atoms with Crippen molar-refractivity contribution in [2.24, 2.45) is 7.05 Å². The SMILES string of the molecule is [2H]c1cc2cc(C)ccc2c(-c2cc(C([2H])([2H])[2H])cc(C([2H])([2H])[2H])c2C)[n+]1C. The lowest BCUT2D eigenvalue weighted by molar-refractivity contribution is -0.659. The second-order valence-electron chi connectivity index (χ2n) is 5.47. The lowest BCUT2D eigenvalue weighted by atomic mass is 9.94. The Hall–Kier alpha value is -2.15. The summed E-state index contributed by atoms with van der Waals surface area (Å²) in [7, 11) is 1.73. The lowest BCUT2D eigenvalue weighted by Gasteiger charge is -2.11. The predicted octanol–water partition coefficient (Wildman–Crippen LogP) is 4.56. The van der Waals surface area contributed by atoms with Crippen LogP contribution in [0.5, 0.6) is 0 Å². The zero-order chi connectivity index (χ0) is 21.0. The van der Waals surface area contributed by atoms with Gasteiger partial charge in [0.15, 0.2) is 6.17 Å². The zero-order valence-electron chi connectivity index (χ0n) is 19.4. The van der Waals surface area contributed by atoms with Gasteiger partial charge in [-0.2, -0.15) is 0 Å². The standard InChI is InChI=1S/C20H22N/c1-13-6-7-18-17(11-13)8-9-21(5)20(18)19-12-14(2)10-15(3)16(19)4/h6-12H,1-5H3/q+1/i2D3,3D3,9D. The molecule has 1 nitrogen and oxygen atoms in total. The third-order valence-corrected chi connectivity index (χ3v) is 3.87. The molecule has 0 aliphatic heterocycles. The van der Waals surface area contributed by atoms with E-state index in [0.29, 0.717) is 16.8 Å². The predicted molar refractivity (Wildman–Crippen MR) is 89.5 cm³/mol. The lowest BCUT2D eigenvalue weighted by Crippen LogP contribution is -2.30.